The fourth-order valence-electron chi connectivity index (χ4n) is 3.04. The van der Waals surface area contributed by atoms with Gasteiger partial charge in [0.1, 0.15) is 11.5 Å². The van der Waals surface area contributed by atoms with E-state index in [4.69, 9.17) is 0 Å². The largest absolute Gasteiger partial charge is 0.335 e. The highest BCUT2D eigenvalue weighted by molar-refractivity contribution is 5.93. The fraction of sp³-hybridized carbons (Fsp3) is 0.375. The first kappa shape index (κ1) is 14.8. The molecule has 0 aliphatic carbocycles. The van der Waals surface area contributed by atoms with Gasteiger partial charge in [0, 0.05) is 26.2 Å². The summed E-state index contributed by atoms with van der Waals surface area (Å²) in [5.74, 6) is 1.65. The van der Waals surface area contributed by atoms with E-state index < -0.39 is 0 Å². The van der Waals surface area contributed by atoms with Gasteiger partial charge in [0.2, 0.25) is 0 Å². The Kier molecular flexibility index (Phi) is 3.73. The van der Waals surface area contributed by atoms with Crippen LogP contribution in [-0.4, -0.2) is 66.7 Å². The molecule has 0 atom stereocenters. The zero-order valence-electron chi connectivity index (χ0n) is 13.5. The summed E-state index contributed by atoms with van der Waals surface area (Å²) < 4.78 is 1.70. The Morgan fingerprint density at radius 1 is 1.21 bits per heavy atom. The van der Waals surface area contributed by atoms with Gasteiger partial charge in [-0.2, -0.15) is 10.2 Å². The molecule has 0 unspecified atom stereocenters. The smallest absolute Gasteiger partial charge is 0.272 e. The van der Waals surface area contributed by atoms with Crippen LogP contribution >= 0.6 is 0 Å². The van der Waals surface area contributed by atoms with Gasteiger partial charge in [-0.1, -0.05) is 6.07 Å². The van der Waals surface area contributed by atoms with Gasteiger partial charge in [0.15, 0.2) is 5.82 Å². The number of H-pyrrole nitrogens is 1. The van der Waals surface area contributed by atoms with Crippen molar-refractivity contribution < 1.29 is 4.79 Å². The first-order valence-corrected chi connectivity index (χ1v) is 8.03. The monoisotopic (exact) mass is 325 g/mol. The molecule has 0 aromatic carbocycles. The number of aryl methyl sites for hydroxylation is 1. The number of rotatable bonds is 3. The minimum absolute atomic E-state index is 0.0256. The predicted molar refractivity (Wildman–Crippen MR) is 87.5 cm³/mol. The summed E-state index contributed by atoms with van der Waals surface area (Å²) in [6.45, 7) is 5.62. The van der Waals surface area contributed by atoms with Crippen LogP contribution in [0.1, 0.15) is 22.1 Å². The van der Waals surface area contributed by atoms with E-state index in [1.807, 2.05) is 36.1 Å². The average Bonchev–Trinajstić information content (AvgIpc) is 3.23. The van der Waals surface area contributed by atoms with E-state index >= 15 is 0 Å². The van der Waals surface area contributed by atoms with E-state index in [-0.39, 0.29) is 5.91 Å². The third-order valence-corrected chi connectivity index (χ3v) is 4.31. The molecular formula is C16H19N7O. The van der Waals surface area contributed by atoms with Crippen LogP contribution in [0.5, 0.6) is 0 Å². The molecule has 1 fully saturated rings. The molecule has 1 aliphatic rings. The second-order valence-corrected chi connectivity index (χ2v) is 5.98. The summed E-state index contributed by atoms with van der Waals surface area (Å²) in [6.07, 6.45) is 1.71. The first-order chi connectivity index (χ1) is 11.7. The maximum Gasteiger partial charge on any atom is 0.272 e. The third-order valence-electron chi connectivity index (χ3n) is 4.31. The van der Waals surface area contributed by atoms with Gasteiger partial charge >= 0.3 is 0 Å². The van der Waals surface area contributed by atoms with E-state index in [0.717, 1.165) is 30.3 Å². The number of amides is 1. The molecule has 4 rings (SSSR count). The molecule has 1 saturated heterocycles. The van der Waals surface area contributed by atoms with Gasteiger partial charge in [-0.05, 0) is 25.1 Å². The van der Waals surface area contributed by atoms with Gasteiger partial charge in [-0.25, -0.2) is 9.50 Å². The molecule has 4 heterocycles. The minimum atomic E-state index is 0.0256. The molecule has 1 N–H and O–H groups in total. The lowest BCUT2D eigenvalue weighted by Crippen LogP contribution is -2.48. The molecule has 0 radical (unpaired) electrons. The number of carbonyl (C=O) groups excluding carboxylic acids is 1. The Balaban J connectivity index is 1.42. The van der Waals surface area contributed by atoms with Gasteiger partial charge in [-0.3, -0.25) is 14.8 Å². The highest BCUT2D eigenvalue weighted by Crippen LogP contribution is 2.12. The highest BCUT2D eigenvalue weighted by Gasteiger charge is 2.24. The molecule has 0 saturated carbocycles. The van der Waals surface area contributed by atoms with Crippen LogP contribution in [0.25, 0.3) is 5.52 Å². The van der Waals surface area contributed by atoms with Crippen molar-refractivity contribution in [3.05, 3.63) is 47.8 Å². The first-order valence-electron chi connectivity index (χ1n) is 8.03. The minimum Gasteiger partial charge on any atom is -0.335 e. The van der Waals surface area contributed by atoms with Crippen LogP contribution in [0.2, 0.25) is 0 Å². The van der Waals surface area contributed by atoms with E-state index in [9.17, 15) is 4.79 Å². The normalized spacial score (nSPS) is 16.0. The van der Waals surface area contributed by atoms with Crippen LogP contribution in [-0.2, 0) is 6.54 Å². The summed E-state index contributed by atoms with van der Waals surface area (Å²) >= 11 is 0. The number of piperazine rings is 1. The average molecular weight is 325 g/mol. The van der Waals surface area contributed by atoms with E-state index in [2.05, 4.69) is 25.2 Å². The Hall–Kier alpha value is -2.74. The zero-order chi connectivity index (χ0) is 16.5. The predicted octanol–water partition coefficient (Wildman–Crippen LogP) is 0.719. The summed E-state index contributed by atoms with van der Waals surface area (Å²) in [5, 5.41) is 11.3. The van der Waals surface area contributed by atoms with Gasteiger partial charge in [0.05, 0.1) is 18.3 Å². The van der Waals surface area contributed by atoms with Crippen molar-refractivity contribution in [1.82, 2.24) is 34.6 Å². The lowest BCUT2D eigenvalue weighted by atomic mass is 10.2. The molecule has 1 aliphatic heterocycles. The van der Waals surface area contributed by atoms with Gasteiger partial charge < -0.3 is 4.90 Å². The lowest BCUT2D eigenvalue weighted by Gasteiger charge is -2.34. The molecule has 8 heteroatoms. The number of fused-ring (bicyclic) bond motifs is 1. The molecule has 8 nitrogen and oxygen atoms in total. The van der Waals surface area contributed by atoms with Crippen LogP contribution < -0.4 is 0 Å². The summed E-state index contributed by atoms with van der Waals surface area (Å²) in [4.78, 5) is 21.3. The number of pyridine rings is 1. The fourth-order valence-corrected chi connectivity index (χ4v) is 3.04. The summed E-state index contributed by atoms with van der Waals surface area (Å²) in [7, 11) is 0. The molecule has 0 spiro atoms. The second-order valence-electron chi connectivity index (χ2n) is 5.98. The van der Waals surface area contributed by atoms with Crippen molar-refractivity contribution in [1.29, 1.82) is 0 Å². The number of nitrogens with one attached hydrogen (secondary N) is 1. The number of aromatic nitrogens is 5. The Morgan fingerprint density at radius 3 is 2.79 bits per heavy atom. The molecule has 0 bridgehead atoms. The van der Waals surface area contributed by atoms with Crippen LogP contribution in [0.4, 0.5) is 0 Å². The Morgan fingerprint density at radius 2 is 2.04 bits per heavy atom. The van der Waals surface area contributed by atoms with Gasteiger partial charge in [-0.15, -0.1) is 0 Å². The number of hydrogen-bond donors (Lipinski definition) is 1. The van der Waals surface area contributed by atoms with Gasteiger partial charge in [0.25, 0.3) is 5.91 Å². The molecule has 24 heavy (non-hydrogen) atoms. The van der Waals surface area contributed by atoms with Crippen molar-refractivity contribution in [3.63, 3.8) is 0 Å². The van der Waals surface area contributed by atoms with E-state index in [1.54, 1.807) is 10.7 Å². The standard InChI is InChI=1S/C16H19N7O/c1-12-18-15(20-19-12)11-21-7-9-22(10-8-21)16(24)14-4-2-3-13-5-6-17-23(13)14/h2-6H,7-11H2,1H3,(H,18,19,20). The third kappa shape index (κ3) is 2.76. The van der Waals surface area contributed by atoms with E-state index in [0.29, 0.717) is 25.3 Å². The Labute approximate surface area is 139 Å². The zero-order valence-corrected chi connectivity index (χ0v) is 13.5. The summed E-state index contributed by atoms with van der Waals surface area (Å²) in [5.41, 5.74) is 1.54. The highest BCUT2D eigenvalue weighted by atomic mass is 16.2. The maximum atomic E-state index is 12.8. The molecule has 3 aromatic heterocycles. The number of carbonyl (C=O) groups is 1. The van der Waals surface area contributed by atoms with Crippen molar-refractivity contribution in [2.45, 2.75) is 13.5 Å². The number of hydrogen-bond acceptors (Lipinski definition) is 5. The topological polar surface area (TPSA) is 82.4 Å². The second kappa shape index (κ2) is 6.04. The van der Waals surface area contributed by atoms with Crippen molar-refractivity contribution in [2.75, 3.05) is 26.2 Å². The summed E-state index contributed by atoms with van der Waals surface area (Å²) in [6, 6.07) is 7.56. The molecule has 1 amide bonds. The van der Waals surface area contributed by atoms with Crippen molar-refractivity contribution in [2.24, 2.45) is 0 Å². The Bertz CT molecular complexity index is 860. The maximum absolute atomic E-state index is 12.8. The number of nitrogens with zero attached hydrogens (tertiary/aromatic N) is 6. The quantitative estimate of drug-likeness (QED) is 0.767. The van der Waals surface area contributed by atoms with Crippen molar-refractivity contribution >= 4 is 11.4 Å². The molecular weight excluding hydrogens is 306 g/mol. The molecule has 124 valence electrons. The lowest BCUT2D eigenvalue weighted by molar-refractivity contribution is 0.0617. The van der Waals surface area contributed by atoms with Crippen molar-refractivity contribution in [3.8, 4) is 0 Å². The van der Waals surface area contributed by atoms with E-state index in [1.165, 1.54) is 0 Å². The van der Waals surface area contributed by atoms with Crippen LogP contribution in [0.15, 0.2) is 30.5 Å². The van der Waals surface area contributed by atoms with Crippen LogP contribution in [0.3, 0.4) is 0 Å². The van der Waals surface area contributed by atoms with Crippen LogP contribution in [0, 0.1) is 6.92 Å². The molecule has 3 aromatic rings. The number of aromatic amines is 1. The SMILES string of the molecule is Cc1nc(CN2CCN(C(=O)c3cccc4ccnn34)CC2)n[nH]1.